The molecule has 0 bridgehead atoms. The van der Waals surface area contributed by atoms with Crippen molar-refractivity contribution in [1.29, 1.82) is 0 Å². The van der Waals surface area contributed by atoms with Crippen LogP contribution >= 0.6 is 0 Å². The fraction of sp³-hybridized carbons (Fsp3) is 0.600. The monoisotopic (exact) mass is 265 g/mol. The maximum absolute atomic E-state index is 10.1. The van der Waals surface area contributed by atoms with Crippen LogP contribution in [0.25, 0.3) is 0 Å². The highest BCUT2D eigenvalue weighted by molar-refractivity contribution is 5.61. The second-order valence-corrected chi connectivity index (χ2v) is 4.99. The fourth-order valence-corrected chi connectivity index (χ4v) is 2.46. The van der Waals surface area contributed by atoms with Gasteiger partial charge in [-0.15, -0.1) is 0 Å². The predicted molar refractivity (Wildman–Crippen MR) is 75.9 cm³/mol. The summed E-state index contributed by atoms with van der Waals surface area (Å²) in [4.78, 5) is 2.33. The molecule has 0 heterocycles. The molecule has 0 aliphatic heterocycles. The molecule has 1 aromatic rings. The zero-order valence-corrected chi connectivity index (χ0v) is 11.9. The van der Waals surface area contributed by atoms with Gasteiger partial charge in [0, 0.05) is 30.9 Å². The van der Waals surface area contributed by atoms with Crippen molar-refractivity contribution in [2.75, 3.05) is 32.3 Å². The number of ether oxygens (including phenoxy) is 2. The number of hydrogen-bond acceptors (Lipinski definition) is 4. The van der Waals surface area contributed by atoms with E-state index >= 15 is 0 Å². The first-order chi connectivity index (χ1) is 9.19. The van der Waals surface area contributed by atoms with Gasteiger partial charge >= 0.3 is 0 Å². The summed E-state index contributed by atoms with van der Waals surface area (Å²) < 4.78 is 10.6. The van der Waals surface area contributed by atoms with Gasteiger partial charge in [0.1, 0.15) is 5.75 Å². The van der Waals surface area contributed by atoms with Crippen molar-refractivity contribution in [3.8, 4) is 5.75 Å². The molecule has 1 aliphatic carbocycles. The van der Waals surface area contributed by atoms with Crippen LogP contribution in [0.1, 0.15) is 31.4 Å². The second kappa shape index (κ2) is 6.26. The molecule has 1 aromatic carbocycles. The molecule has 1 fully saturated rings. The van der Waals surface area contributed by atoms with Crippen LogP contribution in [0.5, 0.6) is 5.75 Å². The van der Waals surface area contributed by atoms with Gasteiger partial charge in [0.15, 0.2) is 0 Å². The van der Waals surface area contributed by atoms with Crippen LogP contribution in [-0.4, -0.2) is 38.5 Å². The Kier molecular flexibility index (Phi) is 4.66. The van der Waals surface area contributed by atoms with Crippen molar-refractivity contribution in [3.63, 3.8) is 0 Å². The molecule has 0 unspecified atom stereocenters. The lowest BCUT2D eigenvalue weighted by atomic mass is 10.1. The zero-order chi connectivity index (χ0) is 13.8. The third-order valence-electron chi connectivity index (χ3n) is 3.51. The molecule has 0 amide bonds. The lowest BCUT2D eigenvalue weighted by Gasteiger charge is -2.28. The van der Waals surface area contributed by atoms with Gasteiger partial charge in [-0.3, -0.25) is 0 Å². The maximum Gasteiger partial charge on any atom is 0.126 e. The normalized spacial score (nSPS) is 16.2. The van der Waals surface area contributed by atoms with Crippen LogP contribution in [0.4, 0.5) is 5.69 Å². The average Bonchev–Trinajstić information content (AvgIpc) is 3.23. The molecule has 0 aromatic heterocycles. The minimum absolute atomic E-state index is 0.546. The van der Waals surface area contributed by atoms with E-state index in [4.69, 9.17) is 9.47 Å². The SMILES string of the molecule is COCCN(c1cccc(OC)c1[C@H](C)O)C1CC1. The smallest absolute Gasteiger partial charge is 0.126 e. The van der Waals surface area contributed by atoms with Gasteiger partial charge in [0.05, 0.1) is 19.8 Å². The molecular weight excluding hydrogens is 242 g/mol. The Labute approximate surface area is 114 Å². The van der Waals surface area contributed by atoms with Crippen LogP contribution < -0.4 is 9.64 Å². The van der Waals surface area contributed by atoms with Gasteiger partial charge in [-0.25, -0.2) is 0 Å². The summed E-state index contributed by atoms with van der Waals surface area (Å²) in [6.07, 6.45) is 1.87. The number of aliphatic hydroxyl groups excluding tert-OH is 1. The van der Waals surface area contributed by atoms with Gasteiger partial charge in [-0.2, -0.15) is 0 Å². The first-order valence-electron chi connectivity index (χ1n) is 6.79. The van der Waals surface area contributed by atoms with Crippen molar-refractivity contribution in [2.45, 2.75) is 31.9 Å². The van der Waals surface area contributed by atoms with Crippen LogP contribution in [0.15, 0.2) is 18.2 Å². The van der Waals surface area contributed by atoms with Crippen molar-refractivity contribution >= 4 is 5.69 Å². The maximum atomic E-state index is 10.1. The van der Waals surface area contributed by atoms with Crippen molar-refractivity contribution in [3.05, 3.63) is 23.8 Å². The van der Waals surface area contributed by atoms with E-state index in [0.29, 0.717) is 12.6 Å². The number of hydrogen-bond donors (Lipinski definition) is 1. The highest BCUT2D eigenvalue weighted by atomic mass is 16.5. The lowest BCUT2D eigenvalue weighted by molar-refractivity contribution is 0.193. The van der Waals surface area contributed by atoms with E-state index < -0.39 is 6.10 Å². The Bertz CT molecular complexity index is 416. The Hall–Kier alpha value is -1.26. The Morgan fingerprint density at radius 2 is 2.11 bits per heavy atom. The molecule has 1 aliphatic rings. The first-order valence-corrected chi connectivity index (χ1v) is 6.79. The zero-order valence-electron chi connectivity index (χ0n) is 11.9. The van der Waals surface area contributed by atoms with Gasteiger partial charge in [0.25, 0.3) is 0 Å². The summed E-state index contributed by atoms with van der Waals surface area (Å²) in [5.74, 6) is 0.746. The first kappa shape index (κ1) is 14.2. The highest BCUT2D eigenvalue weighted by Gasteiger charge is 2.31. The minimum Gasteiger partial charge on any atom is -0.496 e. The van der Waals surface area contributed by atoms with Crippen LogP contribution in [0, 0.1) is 0 Å². The molecule has 4 nitrogen and oxygen atoms in total. The quantitative estimate of drug-likeness (QED) is 0.822. The van der Waals surface area contributed by atoms with Gasteiger partial charge < -0.3 is 19.5 Å². The summed E-state index contributed by atoms with van der Waals surface area (Å²) in [6.45, 7) is 3.31. The largest absolute Gasteiger partial charge is 0.496 e. The third-order valence-corrected chi connectivity index (χ3v) is 3.51. The summed E-state index contributed by atoms with van der Waals surface area (Å²) in [6, 6.07) is 6.49. The van der Waals surface area contributed by atoms with E-state index in [1.807, 2.05) is 12.1 Å². The van der Waals surface area contributed by atoms with E-state index in [-0.39, 0.29) is 0 Å². The molecule has 106 valence electrons. The van der Waals surface area contributed by atoms with E-state index in [1.165, 1.54) is 12.8 Å². The number of anilines is 1. The minimum atomic E-state index is -0.546. The standard InChI is InChI=1S/C15H23NO3/c1-11(17)15-13(5-4-6-14(15)19-3)16(9-10-18-2)12-7-8-12/h4-6,11-12,17H,7-10H2,1-3H3/t11-/m0/s1. The van der Waals surface area contributed by atoms with Gasteiger partial charge in [0.2, 0.25) is 0 Å². The van der Waals surface area contributed by atoms with E-state index in [0.717, 1.165) is 23.5 Å². The van der Waals surface area contributed by atoms with Crippen molar-refractivity contribution in [1.82, 2.24) is 0 Å². The average molecular weight is 265 g/mol. The second-order valence-electron chi connectivity index (χ2n) is 4.99. The van der Waals surface area contributed by atoms with Crippen molar-refractivity contribution in [2.24, 2.45) is 0 Å². The molecule has 0 radical (unpaired) electrons. The topological polar surface area (TPSA) is 41.9 Å². The third kappa shape index (κ3) is 3.19. The molecule has 2 rings (SSSR count). The van der Waals surface area contributed by atoms with Crippen LogP contribution in [-0.2, 0) is 4.74 Å². The Balaban J connectivity index is 2.34. The Morgan fingerprint density at radius 3 is 2.63 bits per heavy atom. The summed E-state index contributed by atoms with van der Waals surface area (Å²) in [5.41, 5.74) is 1.93. The highest BCUT2D eigenvalue weighted by Crippen LogP contribution is 2.39. The molecule has 1 atom stereocenters. The molecule has 0 saturated heterocycles. The van der Waals surface area contributed by atoms with Gasteiger partial charge in [-0.05, 0) is 31.9 Å². The van der Waals surface area contributed by atoms with Gasteiger partial charge in [-0.1, -0.05) is 6.07 Å². The van der Waals surface area contributed by atoms with Crippen LogP contribution in [0.2, 0.25) is 0 Å². The fourth-order valence-electron chi connectivity index (χ4n) is 2.46. The molecule has 0 spiro atoms. The predicted octanol–water partition coefficient (Wildman–Crippen LogP) is 2.36. The Morgan fingerprint density at radius 1 is 1.37 bits per heavy atom. The molecule has 1 saturated carbocycles. The number of methoxy groups -OCH3 is 2. The molecule has 19 heavy (non-hydrogen) atoms. The van der Waals surface area contributed by atoms with Crippen LogP contribution in [0.3, 0.4) is 0 Å². The lowest BCUT2D eigenvalue weighted by Crippen LogP contribution is -2.30. The summed E-state index contributed by atoms with van der Waals surface area (Å²) in [7, 11) is 3.36. The van der Waals surface area contributed by atoms with Crippen molar-refractivity contribution < 1.29 is 14.6 Å². The summed E-state index contributed by atoms with van der Waals surface area (Å²) in [5, 5.41) is 10.1. The number of benzene rings is 1. The number of aliphatic hydroxyl groups is 1. The van der Waals surface area contributed by atoms with E-state index in [1.54, 1.807) is 21.1 Å². The summed E-state index contributed by atoms with van der Waals surface area (Å²) >= 11 is 0. The molecule has 4 heteroatoms. The molecule has 1 N–H and O–H groups in total. The molecular formula is C15H23NO3. The van der Waals surface area contributed by atoms with E-state index in [2.05, 4.69) is 11.0 Å². The van der Waals surface area contributed by atoms with E-state index in [9.17, 15) is 5.11 Å². The number of nitrogens with zero attached hydrogens (tertiary/aromatic N) is 1. The number of rotatable bonds is 7.